The first-order chi connectivity index (χ1) is 7.06. The molecule has 1 aromatic heterocycles. The van der Waals surface area contributed by atoms with Crippen molar-refractivity contribution in [3.63, 3.8) is 0 Å². The summed E-state index contributed by atoms with van der Waals surface area (Å²) in [6, 6.07) is 0. The van der Waals surface area contributed by atoms with E-state index < -0.39 is 6.10 Å². The van der Waals surface area contributed by atoms with Gasteiger partial charge >= 0.3 is 0 Å². The summed E-state index contributed by atoms with van der Waals surface area (Å²) in [6.07, 6.45) is 1.71. The zero-order valence-corrected chi connectivity index (χ0v) is 10.2. The molecule has 0 aromatic carbocycles. The van der Waals surface area contributed by atoms with E-state index in [2.05, 4.69) is 5.10 Å². The summed E-state index contributed by atoms with van der Waals surface area (Å²) in [6.45, 7) is 3.53. The molecular weight excluding hydrogens is 214 g/mol. The van der Waals surface area contributed by atoms with Crippen molar-refractivity contribution in [2.24, 2.45) is 0 Å². The number of aliphatic hydroxyl groups excluding tert-OH is 1. The van der Waals surface area contributed by atoms with Crippen LogP contribution in [0.4, 0.5) is 0 Å². The van der Waals surface area contributed by atoms with Crippen molar-refractivity contribution in [1.29, 1.82) is 0 Å². The number of aryl methyl sites for hydroxylation is 1. The van der Waals surface area contributed by atoms with Crippen LogP contribution in [0.5, 0.6) is 0 Å². The molecule has 86 valence electrons. The number of aromatic nitrogens is 2. The van der Waals surface area contributed by atoms with Crippen molar-refractivity contribution in [3.8, 4) is 0 Å². The van der Waals surface area contributed by atoms with Gasteiger partial charge in [-0.25, -0.2) is 0 Å². The van der Waals surface area contributed by atoms with Gasteiger partial charge in [0.25, 0.3) is 0 Å². The lowest BCUT2D eigenvalue weighted by molar-refractivity contribution is 0.144. The molecule has 0 amide bonds. The molecule has 0 saturated heterocycles. The minimum atomic E-state index is -0.539. The quantitative estimate of drug-likeness (QED) is 0.836. The third-order valence-corrected chi connectivity index (χ3v) is 2.59. The molecule has 1 N–H and O–H groups in total. The lowest BCUT2D eigenvalue weighted by atomic mass is 10.2. The summed E-state index contributed by atoms with van der Waals surface area (Å²) < 4.78 is 1.74. The zero-order chi connectivity index (χ0) is 11.4. The number of aliphatic hydroxyl groups is 1. The van der Waals surface area contributed by atoms with Gasteiger partial charge in [-0.05, 0) is 27.4 Å². The summed E-state index contributed by atoms with van der Waals surface area (Å²) in [4.78, 5) is 2.03. The van der Waals surface area contributed by atoms with Crippen LogP contribution in [0.15, 0.2) is 6.20 Å². The van der Waals surface area contributed by atoms with Crippen molar-refractivity contribution < 1.29 is 5.11 Å². The predicted molar refractivity (Wildman–Crippen MR) is 61.0 cm³/mol. The summed E-state index contributed by atoms with van der Waals surface area (Å²) in [5, 5.41) is 14.6. The van der Waals surface area contributed by atoms with Crippen molar-refractivity contribution in [2.45, 2.75) is 26.0 Å². The standard InChI is InChI=1S/C10H18ClN3O/c1-4-14-10(8(11)7-12-14)9(15)5-6-13(2)3/h7,9,15H,4-6H2,1-3H3. The first kappa shape index (κ1) is 12.5. The van der Waals surface area contributed by atoms with E-state index in [9.17, 15) is 5.11 Å². The van der Waals surface area contributed by atoms with E-state index in [1.165, 1.54) is 0 Å². The number of nitrogens with zero attached hydrogens (tertiary/aromatic N) is 3. The summed E-state index contributed by atoms with van der Waals surface area (Å²) in [7, 11) is 3.96. The van der Waals surface area contributed by atoms with Gasteiger partial charge in [-0.15, -0.1) is 0 Å². The van der Waals surface area contributed by atoms with Crippen LogP contribution >= 0.6 is 11.6 Å². The van der Waals surface area contributed by atoms with E-state index in [0.29, 0.717) is 11.4 Å². The second-order valence-electron chi connectivity index (χ2n) is 3.80. The van der Waals surface area contributed by atoms with Crippen LogP contribution < -0.4 is 0 Å². The summed E-state index contributed by atoms with van der Waals surface area (Å²) in [5.74, 6) is 0. The number of halogens is 1. The molecule has 0 aliphatic rings. The molecule has 0 spiro atoms. The fraction of sp³-hybridized carbons (Fsp3) is 0.700. The van der Waals surface area contributed by atoms with Crippen LogP contribution in [0, 0.1) is 0 Å². The molecule has 0 aliphatic heterocycles. The minimum absolute atomic E-state index is 0.539. The summed E-state index contributed by atoms with van der Waals surface area (Å²) >= 11 is 5.98. The van der Waals surface area contributed by atoms with Crippen molar-refractivity contribution >= 4 is 11.6 Å². The zero-order valence-electron chi connectivity index (χ0n) is 9.44. The Labute approximate surface area is 95.5 Å². The molecule has 1 unspecified atom stereocenters. The van der Waals surface area contributed by atoms with E-state index in [-0.39, 0.29) is 0 Å². The maximum absolute atomic E-state index is 9.98. The second kappa shape index (κ2) is 5.49. The average molecular weight is 232 g/mol. The first-order valence-corrected chi connectivity index (χ1v) is 5.48. The molecule has 5 heteroatoms. The molecule has 0 fully saturated rings. The van der Waals surface area contributed by atoms with Crippen molar-refractivity contribution in [2.75, 3.05) is 20.6 Å². The molecule has 0 bridgehead atoms. The molecule has 4 nitrogen and oxygen atoms in total. The SMILES string of the molecule is CCn1ncc(Cl)c1C(O)CCN(C)C. The van der Waals surface area contributed by atoms with Crippen LogP contribution in [-0.2, 0) is 6.54 Å². The fourth-order valence-corrected chi connectivity index (χ4v) is 1.74. The Hall–Kier alpha value is -0.580. The Balaban J connectivity index is 2.71. The highest BCUT2D eigenvalue weighted by Crippen LogP contribution is 2.24. The topological polar surface area (TPSA) is 41.3 Å². The van der Waals surface area contributed by atoms with E-state index in [0.717, 1.165) is 18.8 Å². The maximum atomic E-state index is 9.98. The van der Waals surface area contributed by atoms with Gasteiger partial charge in [-0.3, -0.25) is 4.68 Å². The molecule has 1 rings (SSSR count). The van der Waals surface area contributed by atoms with Crippen molar-refractivity contribution in [3.05, 3.63) is 16.9 Å². The maximum Gasteiger partial charge on any atom is 0.0984 e. The highest BCUT2D eigenvalue weighted by Gasteiger charge is 2.17. The molecule has 0 radical (unpaired) electrons. The van der Waals surface area contributed by atoms with Gasteiger partial charge in [-0.1, -0.05) is 11.6 Å². The Kier molecular flexibility index (Phi) is 4.57. The van der Waals surface area contributed by atoms with Gasteiger partial charge < -0.3 is 10.0 Å². The van der Waals surface area contributed by atoms with Gasteiger partial charge in [-0.2, -0.15) is 5.10 Å². The molecule has 1 aromatic rings. The monoisotopic (exact) mass is 231 g/mol. The Morgan fingerprint density at radius 2 is 2.27 bits per heavy atom. The van der Waals surface area contributed by atoms with Crippen LogP contribution in [0.2, 0.25) is 5.02 Å². The van der Waals surface area contributed by atoms with Gasteiger partial charge in [0.2, 0.25) is 0 Å². The number of rotatable bonds is 5. The van der Waals surface area contributed by atoms with Crippen LogP contribution in [0.1, 0.15) is 25.1 Å². The lowest BCUT2D eigenvalue weighted by Crippen LogP contribution is -2.17. The van der Waals surface area contributed by atoms with Gasteiger partial charge in [0.15, 0.2) is 0 Å². The summed E-state index contributed by atoms with van der Waals surface area (Å²) in [5.41, 5.74) is 0.723. The molecule has 0 saturated carbocycles. The lowest BCUT2D eigenvalue weighted by Gasteiger charge is -2.15. The molecule has 1 atom stereocenters. The Bertz CT molecular complexity index is 312. The normalized spacial score (nSPS) is 13.5. The average Bonchev–Trinajstić information content (AvgIpc) is 2.56. The van der Waals surface area contributed by atoms with Crippen molar-refractivity contribution in [1.82, 2.24) is 14.7 Å². The molecule has 0 aliphatic carbocycles. The molecular formula is C10H18ClN3O. The van der Waals surface area contributed by atoms with E-state index in [1.54, 1.807) is 10.9 Å². The smallest absolute Gasteiger partial charge is 0.0984 e. The van der Waals surface area contributed by atoms with E-state index >= 15 is 0 Å². The second-order valence-corrected chi connectivity index (χ2v) is 4.21. The van der Waals surface area contributed by atoms with Crippen LogP contribution in [-0.4, -0.2) is 40.4 Å². The highest BCUT2D eigenvalue weighted by molar-refractivity contribution is 6.31. The Morgan fingerprint density at radius 3 is 2.80 bits per heavy atom. The molecule has 15 heavy (non-hydrogen) atoms. The number of hydrogen-bond donors (Lipinski definition) is 1. The van der Waals surface area contributed by atoms with Gasteiger partial charge in [0.1, 0.15) is 0 Å². The van der Waals surface area contributed by atoms with E-state index in [1.807, 2.05) is 25.9 Å². The van der Waals surface area contributed by atoms with Crippen LogP contribution in [0.25, 0.3) is 0 Å². The highest BCUT2D eigenvalue weighted by atomic mass is 35.5. The van der Waals surface area contributed by atoms with E-state index in [4.69, 9.17) is 11.6 Å². The van der Waals surface area contributed by atoms with Gasteiger partial charge in [0.05, 0.1) is 23.0 Å². The first-order valence-electron chi connectivity index (χ1n) is 5.10. The molecule has 1 heterocycles. The predicted octanol–water partition coefficient (Wildman–Crippen LogP) is 1.54. The number of hydrogen-bond acceptors (Lipinski definition) is 3. The van der Waals surface area contributed by atoms with Gasteiger partial charge in [0, 0.05) is 13.1 Å². The minimum Gasteiger partial charge on any atom is -0.387 e. The third kappa shape index (κ3) is 3.19. The Morgan fingerprint density at radius 1 is 1.60 bits per heavy atom. The fourth-order valence-electron chi connectivity index (χ4n) is 1.47. The largest absolute Gasteiger partial charge is 0.387 e. The van der Waals surface area contributed by atoms with Crippen LogP contribution in [0.3, 0.4) is 0 Å². The third-order valence-electron chi connectivity index (χ3n) is 2.30.